The monoisotopic (exact) mass is 392 g/mol. The molecule has 0 radical (unpaired) electrons. The number of imide groups is 1. The van der Waals surface area contributed by atoms with Crippen molar-refractivity contribution in [3.05, 3.63) is 38.6 Å². The van der Waals surface area contributed by atoms with Crippen molar-refractivity contribution >= 4 is 12.3 Å². The third-order valence-corrected chi connectivity index (χ3v) is 1.08. The number of aromatic nitrogens is 2. The molecule has 0 aliphatic heterocycles. The van der Waals surface area contributed by atoms with Gasteiger partial charge in [0.15, 0.2) is 5.91 Å². The molecule has 0 atom stereocenters. The fourth-order valence-corrected chi connectivity index (χ4v) is 0.476. The van der Waals surface area contributed by atoms with Gasteiger partial charge in [-0.05, 0) is 12.4 Å². The molecule has 0 spiro atoms. The minimum atomic E-state index is -0.352. The molecule has 0 aliphatic carbocycles. The van der Waals surface area contributed by atoms with Crippen LogP contribution in [0.1, 0.15) is 12.1 Å². The minimum absolute atomic E-state index is 0. The fourth-order valence-electron chi connectivity index (χ4n) is 0.476. The molecule has 90 valence electrons. The van der Waals surface area contributed by atoms with Crippen molar-refractivity contribution in [2.75, 3.05) is 0 Å². The van der Waals surface area contributed by atoms with Crippen LogP contribution in [0.5, 0.6) is 0 Å². The van der Waals surface area contributed by atoms with Crippen LogP contribution in [-0.4, -0.2) is 22.3 Å². The predicted molar refractivity (Wildman–Crippen MR) is 56.2 cm³/mol. The molecule has 1 rings (SSSR count). The maximum atomic E-state index is 10.0. The molecule has 6 heteroatoms. The Labute approximate surface area is 110 Å². The summed E-state index contributed by atoms with van der Waals surface area (Å²) in [6, 6.07) is 0. The van der Waals surface area contributed by atoms with Crippen LogP contribution < -0.4 is 5.32 Å². The maximum absolute atomic E-state index is 10.0. The van der Waals surface area contributed by atoms with E-state index in [9.17, 15) is 9.59 Å². The summed E-state index contributed by atoms with van der Waals surface area (Å²) < 4.78 is 0. The van der Waals surface area contributed by atoms with Crippen molar-refractivity contribution in [3.63, 3.8) is 0 Å². The van der Waals surface area contributed by atoms with Gasteiger partial charge in [-0.3, -0.25) is 9.59 Å². The number of amides is 2. The summed E-state index contributed by atoms with van der Waals surface area (Å²) in [5.41, 5.74) is 0.905. The van der Waals surface area contributed by atoms with E-state index in [2.05, 4.69) is 23.1 Å². The van der Waals surface area contributed by atoms with E-state index in [4.69, 9.17) is 0 Å². The second-order valence-corrected chi connectivity index (χ2v) is 2.22. The van der Waals surface area contributed by atoms with E-state index in [0.29, 0.717) is 6.41 Å². The number of nitrogens with zero attached hydrogens (tertiary/aromatic N) is 2. The van der Waals surface area contributed by atoms with Crippen molar-refractivity contribution < 1.29 is 30.7 Å². The maximum Gasteiger partial charge on any atom is 0.213 e. The predicted octanol–water partition coefficient (Wildman–Crippen LogP) is 0.516. The van der Waals surface area contributed by atoms with Crippen LogP contribution in [0.25, 0.3) is 0 Å². The second kappa shape index (κ2) is 13.9. The molecule has 0 saturated carbocycles. The molecule has 1 N–H and O–H groups in total. The van der Waals surface area contributed by atoms with Crippen LogP contribution in [0.3, 0.4) is 0 Å². The average molecular weight is 392 g/mol. The topological polar surface area (TPSA) is 72.0 Å². The molecule has 0 unspecified atom stereocenters. The van der Waals surface area contributed by atoms with Crippen molar-refractivity contribution in [1.29, 1.82) is 0 Å². The Balaban J connectivity index is -0.000000188. The molecular weight excluding hydrogens is 378 g/mol. The third-order valence-electron chi connectivity index (χ3n) is 1.08. The van der Waals surface area contributed by atoms with E-state index in [-0.39, 0.29) is 40.8 Å². The largest absolute Gasteiger partial charge is 0.453 e. The van der Waals surface area contributed by atoms with E-state index in [1.807, 2.05) is 12.2 Å². The Bertz CT molecular complexity index is 281. The SMILES string of the molecule is Cc1cnc[c-]n1.[CH2-]CC(=O)NC=O.[CH3-].[W]. The van der Waals surface area contributed by atoms with E-state index < -0.39 is 0 Å². The Morgan fingerprint density at radius 3 is 2.50 bits per heavy atom. The normalized spacial score (nSPS) is 7.12. The second-order valence-electron chi connectivity index (χ2n) is 2.22. The standard InChI is InChI=1S/C5H5N2.C4H6NO2.CH3.W/c1-5-4-6-2-3-7-5;1-2-4(7)5-3-6;;/h2,4H,1H3;3H,1-2H2,(H,5,6,7);1H3;/q3*-1;. The number of carbonyl (C=O) groups is 2. The van der Waals surface area contributed by atoms with Crippen molar-refractivity contribution in [1.82, 2.24) is 15.3 Å². The number of aryl methyl sites for hydroxylation is 1. The van der Waals surface area contributed by atoms with Crippen LogP contribution in [0.2, 0.25) is 0 Å². The van der Waals surface area contributed by atoms with Gasteiger partial charge in [0.05, 0.1) is 0 Å². The summed E-state index contributed by atoms with van der Waals surface area (Å²) in [6.45, 7) is 5.11. The van der Waals surface area contributed by atoms with Crippen molar-refractivity contribution in [3.8, 4) is 0 Å². The van der Waals surface area contributed by atoms with Gasteiger partial charge in [0, 0.05) is 21.1 Å². The molecule has 0 aliphatic rings. The quantitative estimate of drug-likeness (QED) is 0.589. The summed E-state index contributed by atoms with van der Waals surface area (Å²) in [7, 11) is 0. The van der Waals surface area contributed by atoms with Crippen LogP contribution >= 0.6 is 0 Å². The van der Waals surface area contributed by atoms with Gasteiger partial charge in [-0.25, -0.2) is 0 Å². The molecule has 0 bridgehead atoms. The smallest absolute Gasteiger partial charge is 0.213 e. The summed E-state index contributed by atoms with van der Waals surface area (Å²) in [5, 5.41) is 1.91. The first-order chi connectivity index (χ1) is 6.70. The van der Waals surface area contributed by atoms with Gasteiger partial charge in [-0.15, -0.1) is 12.6 Å². The molecule has 1 aromatic rings. The van der Waals surface area contributed by atoms with Crippen LogP contribution in [-0.2, 0) is 30.7 Å². The number of hydrogen-bond acceptors (Lipinski definition) is 4. The summed E-state index contributed by atoms with van der Waals surface area (Å²) in [5.74, 6) is -0.352. The minimum Gasteiger partial charge on any atom is -0.453 e. The van der Waals surface area contributed by atoms with E-state index in [0.717, 1.165) is 5.69 Å². The Hall–Kier alpha value is -1.09. The summed E-state index contributed by atoms with van der Waals surface area (Å²) in [4.78, 5) is 27.0. The van der Waals surface area contributed by atoms with Gasteiger partial charge in [-0.1, -0.05) is 12.6 Å². The van der Waals surface area contributed by atoms with Gasteiger partial charge < -0.3 is 29.6 Å². The molecule has 2 amide bonds. The molecule has 1 aromatic heterocycles. The number of hydrogen-bond donors (Lipinski definition) is 1. The van der Waals surface area contributed by atoms with E-state index in [1.54, 1.807) is 6.20 Å². The van der Waals surface area contributed by atoms with Gasteiger partial charge in [-0.2, -0.15) is 0 Å². The van der Waals surface area contributed by atoms with E-state index >= 15 is 0 Å². The van der Waals surface area contributed by atoms with Gasteiger partial charge in [0.25, 0.3) is 0 Å². The molecule has 0 saturated heterocycles. The first-order valence-corrected chi connectivity index (χ1v) is 3.87. The summed E-state index contributed by atoms with van der Waals surface area (Å²) >= 11 is 0. The van der Waals surface area contributed by atoms with Gasteiger partial charge >= 0.3 is 0 Å². The zero-order valence-corrected chi connectivity index (χ0v) is 12.2. The fraction of sp³-hybridized carbons (Fsp3) is 0.200. The number of nitrogens with one attached hydrogen (secondary N) is 1. The molecule has 0 aromatic carbocycles. The Kier molecular flexibility index (Phi) is 17.7. The van der Waals surface area contributed by atoms with Crippen molar-refractivity contribution in [2.45, 2.75) is 13.3 Å². The van der Waals surface area contributed by atoms with Crippen LogP contribution in [0.4, 0.5) is 0 Å². The number of carbonyl (C=O) groups excluding carboxylic acids is 2. The average Bonchev–Trinajstić information content (AvgIpc) is 2.20. The zero-order valence-electron chi connectivity index (χ0n) is 9.27. The molecule has 16 heavy (non-hydrogen) atoms. The Morgan fingerprint density at radius 1 is 1.69 bits per heavy atom. The first-order valence-electron chi connectivity index (χ1n) is 3.87. The molecule has 5 nitrogen and oxygen atoms in total. The van der Waals surface area contributed by atoms with Gasteiger partial charge in [0.1, 0.15) is 0 Å². The molecule has 0 fully saturated rings. The van der Waals surface area contributed by atoms with Crippen LogP contribution in [0, 0.1) is 27.5 Å². The summed E-state index contributed by atoms with van der Waals surface area (Å²) in [6.07, 6.45) is 6.28. The molecular formula is C10H14N3O2W-3. The Morgan fingerprint density at radius 2 is 2.31 bits per heavy atom. The van der Waals surface area contributed by atoms with Crippen LogP contribution in [0.15, 0.2) is 12.4 Å². The molecule has 1 heterocycles. The zero-order chi connectivity index (χ0) is 10.8. The number of rotatable bonds is 2. The first kappa shape index (κ1) is 20.3. The van der Waals surface area contributed by atoms with E-state index in [1.165, 1.54) is 6.20 Å². The van der Waals surface area contributed by atoms with Crippen molar-refractivity contribution in [2.24, 2.45) is 0 Å². The third kappa shape index (κ3) is 12.9. The van der Waals surface area contributed by atoms with Gasteiger partial charge in [0.2, 0.25) is 6.41 Å².